The fraction of sp³-hybridized carbons (Fsp3) is 0.600. The van der Waals surface area contributed by atoms with Crippen molar-refractivity contribution in [3.63, 3.8) is 0 Å². The normalized spacial score (nSPS) is 11.7. The van der Waals surface area contributed by atoms with Crippen molar-refractivity contribution < 1.29 is 4.89 Å². The molecule has 47 heavy (non-hydrogen) atoms. The molecule has 0 heterocycles. The highest BCUT2D eigenvalue weighted by atomic mass is 31.2. The first-order chi connectivity index (χ1) is 23.2. The molecule has 0 unspecified atom stereocenters. The highest BCUT2D eigenvalue weighted by Crippen LogP contribution is 2.53. The number of rotatable bonds is 27. The standard InChI is InChI=1S/C45H70OP/c1-4-7-10-13-16-19-22-31-40-34-25-28-37-43(40)47(46,44-38-29-26-35-41(44)32-23-20-17-14-11-8-5-2)45-39-30-27-36-42(45)33-24-21-18-15-12-9-6-3/h25-30,34-39,46H,4-24,31-33H2,1-3H3/q+1. The van der Waals surface area contributed by atoms with Gasteiger partial charge in [-0.2, -0.15) is 0 Å². The summed E-state index contributed by atoms with van der Waals surface area (Å²) < 4.78 is 0. The van der Waals surface area contributed by atoms with E-state index in [2.05, 4.69) is 93.6 Å². The quantitative estimate of drug-likeness (QED) is 0.0639. The van der Waals surface area contributed by atoms with Gasteiger partial charge in [-0.1, -0.05) is 191 Å². The van der Waals surface area contributed by atoms with E-state index in [-0.39, 0.29) is 0 Å². The fourth-order valence-corrected chi connectivity index (χ4v) is 10.8. The summed E-state index contributed by atoms with van der Waals surface area (Å²) in [7, 11) is -2.85. The molecule has 0 bridgehead atoms. The Morgan fingerprint density at radius 1 is 0.340 bits per heavy atom. The number of hydrogen-bond donors (Lipinski definition) is 1. The molecule has 0 aliphatic rings. The van der Waals surface area contributed by atoms with Crippen LogP contribution in [0.25, 0.3) is 0 Å². The molecule has 0 aliphatic heterocycles. The van der Waals surface area contributed by atoms with E-state index in [4.69, 9.17) is 0 Å². The molecule has 0 amide bonds. The Morgan fingerprint density at radius 2 is 0.574 bits per heavy atom. The van der Waals surface area contributed by atoms with E-state index < -0.39 is 7.49 Å². The molecule has 0 aromatic heterocycles. The Labute approximate surface area is 291 Å². The molecule has 0 fully saturated rings. The highest BCUT2D eigenvalue weighted by Gasteiger charge is 2.48. The lowest BCUT2D eigenvalue weighted by molar-refractivity contribution is 0.588. The fourth-order valence-electron chi connectivity index (χ4n) is 7.32. The van der Waals surface area contributed by atoms with Gasteiger partial charge in [0, 0.05) is 0 Å². The third-order valence-corrected chi connectivity index (χ3v) is 13.6. The van der Waals surface area contributed by atoms with Crippen molar-refractivity contribution in [1.29, 1.82) is 0 Å². The van der Waals surface area contributed by atoms with E-state index in [0.717, 1.165) is 19.3 Å². The molecule has 3 rings (SSSR count). The number of unbranched alkanes of at least 4 members (excludes halogenated alkanes) is 18. The van der Waals surface area contributed by atoms with Crippen molar-refractivity contribution in [2.24, 2.45) is 0 Å². The van der Waals surface area contributed by atoms with Crippen molar-refractivity contribution in [1.82, 2.24) is 0 Å². The molecule has 0 aliphatic carbocycles. The van der Waals surface area contributed by atoms with Crippen molar-refractivity contribution in [2.45, 2.75) is 175 Å². The van der Waals surface area contributed by atoms with Gasteiger partial charge >= 0.3 is 0 Å². The summed E-state index contributed by atoms with van der Waals surface area (Å²) in [6.45, 7) is 6.88. The predicted octanol–water partition coefficient (Wildman–Crippen LogP) is 12.8. The van der Waals surface area contributed by atoms with Crippen LogP contribution in [0.5, 0.6) is 0 Å². The summed E-state index contributed by atoms with van der Waals surface area (Å²) in [6, 6.07) is 26.9. The van der Waals surface area contributed by atoms with Gasteiger partial charge in [0.1, 0.15) is 15.9 Å². The zero-order chi connectivity index (χ0) is 33.4. The Hall–Kier alpha value is -1.95. The van der Waals surface area contributed by atoms with Crippen molar-refractivity contribution in [3.05, 3.63) is 89.5 Å². The first kappa shape index (κ1) is 39.5. The lowest BCUT2D eigenvalue weighted by atomic mass is 10.0. The van der Waals surface area contributed by atoms with Crippen LogP contribution >= 0.6 is 7.49 Å². The maximum atomic E-state index is 13.6. The van der Waals surface area contributed by atoms with Crippen molar-refractivity contribution in [2.75, 3.05) is 0 Å². The first-order valence-electron chi connectivity index (χ1n) is 20.0. The van der Waals surface area contributed by atoms with Gasteiger partial charge in [-0.15, -0.1) is 0 Å². The second kappa shape index (κ2) is 24.2. The molecule has 3 aromatic rings. The molecule has 3 aromatic carbocycles. The predicted molar refractivity (Wildman–Crippen MR) is 212 cm³/mol. The van der Waals surface area contributed by atoms with Crippen LogP contribution in [-0.2, 0) is 19.3 Å². The minimum Gasteiger partial charge on any atom is -0.235 e. The van der Waals surface area contributed by atoms with Gasteiger partial charge in [0.05, 0.1) is 0 Å². The van der Waals surface area contributed by atoms with Crippen LogP contribution in [0.15, 0.2) is 72.8 Å². The Kier molecular flexibility index (Phi) is 20.4. The van der Waals surface area contributed by atoms with Crippen molar-refractivity contribution in [3.8, 4) is 0 Å². The second-order valence-electron chi connectivity index (χ2n) is 14.1. The summed E-state index contributed by atoms with van der Waals surface area (Å²) >= 11 is 0. The minimum atomic E-state index is -2.85. The van der Waals surface area contributed by atoms with Crippen LogP contribution in [0.1, 0.15) is 172 Å². The van der Waals surface area contributed by atoms with Crippen LogP contribution < -0.4 is 15.9 Å². The van der Waals surface area contributed by atoms with Gasteiger partial charge in [-0.25, -0.2) is 4.89 Å². The topological polar surface area (TPSA) is 20.2 Å². The van der Waals surface area contributed by atoms with Crippen LogP contribution in [-0.4, -0.2) is 4.89 Å². The Balaban J connectivity index is 1.91. The first-order valence-corrected chi connectivity index (χ1v) is 21.8. The molecule has 0 saturated heterocycles. The van der Waals surface area contributed by atoms with Gasteiger partial charge in [0.2, 0.25) is 7.49 Å². The van der Waals surface area contributed by atoms with E-state index in [1.807, 2.05) is 0 Å². The summed E-state index contributed by atoms with van der Waals surface area (Å²) in [5.74, 6) is 0. The Morgan fingerprint density at radius 3 is 0.851 bits per heavy atom. The average molecular weight is 658 g/mol. The summed E-state index contributed by atoms with van der Waals surface area (Å²) in [5.41, 5.74) is 4.06. The maximum Gasteiger partial charge on any atom is 0.239 e. The van der Waals surface area contributed by atoms with Crippen LogP contribution in [0, 0.1) is 0 Å². The third-order valence-electron chi connectivity index (χ3n) is 10.2. The van der Waals surface area contributed by atoms with E-state index >= 15 is 0 Å². The smallest absolute Gasteiger partial charge is 0.235 e. The maximum absolute atomic E-state index is 13.6. The zero-order valence-electron chi connectivity index (χ0n) is 30.8. The monoisotopic (exact) mass is 658 g/mol. The van der Waals surface area contributed by atoms with Crippen LogP contribution in [0.2, 0.25) is 0 Å². The minimum absolute atomic E-state index is 1.05. The molecule has 260 valence electrons. The molecule has 0 saturated carbocycles. The third kappa shape index (κ3) is 13.5. The summed E-state index contributed by atoms with van der Waals surface area (Å²) in [6.07, 6.45) is 30.7. The largest absolute Gasteiger partial charge is 0.239 e. The SMILES string of the molecule is CCCCCCCCCc1ccccc1[P+](O)(c1ccccc1CCCCCCCCC)c1ccccc1CCCCCCCCC. The lowest BCUT2D eigenvalue weighted by Crippen LogP contribution is -2.36. The molecule has 0 spiro atoms. The average Bonchev–Trinajstić information content (AvgIpc) is 3.10. The van der Waals surface area contributed by atoms with Gasteiger partial charge in [0.25, 0.3) is 0 Å². The Bertz CT molecular complexity index is 1070. The van der Waals surface area contributed by atoms with E-state index in [1.165, 1.54) is 167 Å². The lowest BCUT2D eigenvalue weighted by Gasteiger charge is -2.26. The van der Waals surface area contributed by atoms with Crippen molar-refractivity contribution >= 4 is 23.4 Å². The van der Waals surface area contributed by atoms with Gasteiger partial charge in [-0.3, -0.25) is 0 Å². The van der Waals surface area contributed by atoms with E-state index in [1.54, 1.807) is 0 Å². The van der Waals surface area contributed by atoms with Gasteiger partial charge in [-0.05, 0) is 73.4 Å². The number of hydrogen-bond acceptors (Lipinski definition) is 1. The van der Waals surface area contributed by atoms with E-state index in [9.17, 15) is 4.89 Å². The molecule has 1 N–H and O–H groups in total. The van der Waals surface area contributed by atoms with E-state index in [0.29, 0.717) is 0 Å². The van der Waals surface area contributed by atoms with Gasteiger partial charge < -0.3 is 0 Å². The molecule has 0 radical (unpaired) electrons. The molecule has 0 atom stereocenters. The van der Waals surface area contributed by atoms with Gasteiger partial charge in [0.15, 0.2) is 0 Å². The molecule has 1 nitrogen and oxygen atoms in total. The zero-order valence-corrected chi connectivity index (χ0v) is 31.7. The summed E-state index contributed by atoms with van der Waals surface area (Å²) in [4.78, 5) is 13.6. The number of aryl methyl sites for hydroxylation is 3. The summed E-state index contributed by atoms with van der Waals surface area (Å²) in [5, 5.41) is 3.60. The van der Waals surface area contributed by atoms with Crippen LogP contribution in [0.4, 0.5) is 0 Å². The molecular formula is C45H70OP+. The molecule has 2 heteroatoms. The second-order valence-corrected chi connectivity index (χ2v) is 16.9. The van der Waals surface area contributed by atoms with Crippen LogP contribution in [0.3, 0.4) is 0 Å². The number of benzene rings is 3. The molecular weight excluding hydrogens is 587 g/mol. The highest BCUT2D eigenvalue weighted by molar-refractivity contribution is 7.91.